The molecule has 0 spiro atoms. The molecule has 25 heavy (non-hydrogen) atoms. The van der Waals surface area contributed by atoms with Gasteiger partial charge in [0.15, 0.2) is 12.0 Å². The van der Waals surface area contributed by atoms with E-state index >= 15 is 0 Å². The maximum atomic E-state index is 12.4. The number of allylic oxidation sites excluding steroid dienone is 1. The predicted octanol–water partition coefficient (Wildman–Crippen LogP) is 3.64. The Morgan fingerprint density at radius 2 is 2.04 bits per heavy atom. The number of hydrogen-bond donors (Lipinski definition) is 1. The van der Waals surface area contributed by atoms with Gasteiger partial charge < -0.3 is 15.2 Å². The lowest BCUT2D eigenvalue weighted by Crippen LogP contribution is -2.34. The summed E-state index contributed by atoms with van der Waals surface area (Å²) in [6.07, 6.45) is 4.30. The molecule has 1 heterocycles. The number of nitrogens with two attached hydrogens (primary N) is 1. The van der Waals surface area contributed by atoms with Crippen LogP contribution in [0.1, 0.15) is 26.3 Å². The fourth-order valence-electron chi connectivity index (χ4n) is 2.00. The van der Waals surface area contributed by atoms with Crippen molar-refractivity contribution in [3.05, 3.63) is 41.1 Å². The van der Waals surface area contributed by atoms with Gasteiger partial charge in [0.05, 0.1) is 16.8 Å². The van der Waals surface area contributed by atoms with E-state index in [1.165, 1.54) is 23.4 Å². The standard InChI is InChI=1S/C17H18N2O5S/c1-17(2,3)24-16(22)19-6-7-23-14-5-4-11(9-13(14)19)8-12(10-20)25-15(18)21/h4-10H,1-3H3,(H2,18,21)/b12-8-. The Labute approximate surface area is 149 Å². The zero-order chi connectivity index (χ0) is 18.6. The predicted molar refractivity (Wildman–Crippen MR) is 96.1 cm³/mol. The number of carbonyl (C=O) groups is 3. The minimum Gasteiger partial charge on any atom is -0.461 e. The molecule has 0 saturated carbocycles. The first-order chi connectivity index (χ1) is 11.7. The van der Waals surface area contributed by atoms with E-state index in [0.29, 0.717) is 35.0 Å². The van der Waals surface area contributed by atoms with Crippen LogP contribution in [0.3, 0.4) is 0 Å². The number of rotatable bonds is 3. The fraction of sp³-hybridized carbons (Fsp3) is 0.235. The molecule has 1 aliphatic rings. The molecule has 0 aromatic heterocycles. The molecule has 2 N–H and O–H groups in total. The Balaban J connectivity index is 2.35. The monoisotopic (exact) mass is 362 g/mol. The molecule has 1 aromatic rings. The second-order valence-electron chi connectivity index (χ2n) is 6.07. The largest absolute Gasteiger partial charge is 0.461 e. The molecule has 2 rings (SSSR count). The highest BCUT2D eigenvalue weighted by atomic mass is 32.2. The van der Waals surface area contributed by atoms with Gasteiger partial charge in [-0.25, -0.2) is 9.69 Å². The number of nitrogens with zero attached hydrogens (tertiary/aromatic N) is 1. The van der Waals surface area contributed by atoms with E-state index in [1.807, 2.05) is 0 Å². The first kappa shape index (κ1) is 18.6. The lowest BCUT2D eigenvalue weighted by Gasteiger charge is -2.28. The number of thioether (sulfide) groups is 1. The van der Waals surface area contributed by atoms with E-state index < -0.39 is 16.9 Å². The molecule has 1 aliphatic heterocycles. The molecule has 132 valence electrons. The van der Waals surface area contributed by atoms with Gasteiger partial charge in [-0.1, -0.05) is 6.07 Å². The minimum absolute atomic E-state index is 0.156. The van der Waals surface area contributed by atoms with Gasteiger partial charge in [0.2, 0.25) is 0 Å². The number of aldehydes is 1. The van der Waals surface area contributed by atoms with Crippen LogP contribution in [0.25, 0.3) is 6.08 Å². The lowest BCUT2D eigenvalue weighted by molar-refractivity contribution is -0.104. The van der Waals surface area contributed by atoms with Gasteiger partial charge >= 0.3 is 6.09 Å². The Hall–Kier alpha value is -2.74. The van der Waals surface area contributed by atoms with Crippen molar-refractivity contribution in [1.29, 1.82) is 0 Å². The molecular formula is C17H18N2O5S. The van der Waals surface area contributed by atoms with E-state index in [4.69, 9.17) is 15.2 Å². The number of fused-ring (bicyclic) bond motifs is 1. The Kier molecular flexibility index (Phi) is 5.53. The highest BCUT2D eigenvalue weighted by molar-refractivity contribution is 8.17. The first-order valence-electron chi connectivity index (χ1n) is 7.33. The van der Waals surface area contributed by atoms with Crippen LogP contribution < -0.4 is 15.4 Å². The summed E-state index contributed by atoms with van der Waals surface area (Å²) in [4.78, 5) is 35.8. The second-order valence-corrected chi connectivity index (χ2v) is 7.14. The number of ether oxygens (including phenoxy) is 2. The van der Waals surface area contributed by atoms with Crippen LogP contribution in [0.2, 0.25) is 0 Å². The van der Waals surface area contributed by atoms with Crippen LogP contribution in [0, 0.1) is 0 Å². The maximum absolute atomic E-state index is 12.4. The van der Waals surface area contributed by atoms with Gasteiger partial charge in [0.1, 0.15) is 11.9 Å². The smallest absolute Gasteiger partial charge is 0.419 e. The Bertz CT molecular complexity index is 765. The summed E-state index contributed by atoms with van der Waals surface area (Å²) in [5, 5.41) is -0.682. The van der Waals surface area contributed by atoms with Gasteiger partial charge in [0.25, 0.3) is 5.24 Å². The lowest BCUT2D eigenvalue weighted by atomic mass is 10.1. The summed E-state index contributed by atoms with van der Waals surface area (Å²) in [5.41, 5.74) is 5.49. The molecule has 1 aromatic carbocycles. The van der Waals surface area contributed by atoms with Crippen molar-refractivity contribution < 1.29 is 23.9 Å². The summed E-state index contributed by atoms with van der Waals surface area (Å²) in [6, 6.07) is 4.99. The quantitative estimate of drug-likeness (QED) is 0.651. The van der Waals surface area contributed by atoms with Gasteiger partial charge in [-0.2, -0.15) is 0 Å². The second kappa shape index (κ2) is 7.43. The highest BCUT2D eigenvalue weighted by Gasteiger charge is 2.26. The number of carbonyl (C=O) groups excluding carboxylic acids is 3. The molecule has 0 fully saturated rings. The van der Waals surface area contributed by atoms with Crippen molar-refractivity contribution in [1.82, 2.24) is 0 Å². The summed E-state index contributed by atoms with van der Waals surface area (Å²) in [5.74, 6) is 0.459. The zero-order valence-corrected chi connectivity index (χ0v) is 14.8. The molecule has 7 nitrogen and oxygen atoms in total. The van der Waals surface area contributed by atoms with Crippen molar-refractivity contribution in [3.63, 3.8) is 0 Å². The van der Waals surface area contributed by atoms with Crippen LogP contribution in [-0.2, 0) is 9.53 Å². The van der Waals surface area contributed by atoms with Crippen molar-refractivity contribution in [2.75, 3.05) is 4.90 Å². The van der Waals surface area contributed by atoms with E-state index in [-0.39, 0.29) is 4.91 Å². The molecule has 2 amide bonds. The van der Waals surface area contributed by atoms with Gasteiger partial charge in [-0.3, -0.25) is 9.59 Å². The molecule has 0 saturated heterocycles. The first-order valence-corrected chi connectivity index (χ1v) is 8.15. The van der Waals surface area contributed by atoms with Crippen molar-refractivity contribution in [2.45, 2.75) is 26.4 Å². The average Bonchev–Trinajstić information content (AvgIpc) is 2.51. The zero-order valence-electron chi connectivity index (χ0n) is 14.0. The number of primary amides is 1. The maximum Gasteiger partial charge on any atom is 0.419 e. The number of amides is 2. The molecular weight excluding hydrogens is 344 g/mol. The molecule has 0 bridgehead atoms. The minimum atomic E-state index is -0.682. The molecule has 0 atom stereocenters. The van der Waals surface area contributed by atoms with Crippen LogP contribution in [0.4, 0.5) is 15.3 Å². The Morgan fingerprint density at radius 3 is 2.64 bits per heavy atom. The van der Waals surface area contributed by atoms with Crippen molar-refractivity contribution in [3.8, 4) is 5.75 Å². The van der Waals surface area contributed by atoms with Gasteiger partial charge in [0, 0.05) is 0 Å². The number of benzene rings is 1. The Morgan fingerprint density at radius 1 is 1.32 bits per heavy atom. The number of anilines is 1. The molecule has 0 aliphatic carbocycles. The summed E-state index contributed by atoms with van der Waals surface area (Å²) in [6.45, 7) is 5.31. The highest BCUT2D eigenvalue weighted by Crippen LogP contribution is 2.35. The topological polar surface area (TPSA) is 98.9 Å². The van der Waals surface area contributed by atoms with E-state index in [9.17, 15) is 14.4 Å². The van der Waals surface area contributed by atoms with E-state index in [2.05, 4.69) is 0 Å². The summed E-state index contributed by atoms with van der Waals surface area (Å²) < 4.78 is 10.8. The SMILES string of the molecule is CC(C)(C)OC(=O)N1C=COc2ccc(/C=C(/C=O)SC(N)=O)cc21. The molecule has 8 heteroatoms. The van der Waals surface area contributed by atoms with Crippen LogP contribution in [-0.4, -0.2) is 23.2 Å². The van der Waals surface area contributed by atoms with Crippen molar-refractivity contribution in [2.24, 2.45) is 5.73 Å². The van der Waals surface area contributed by atoms with Gasteiger partial charge in [-0.15, -0.1) is 0 Å². The van der Waals surface area contributed by atoms with E-state index in [0.717, 1.165) is 0 Å². The third kappa shape index (κ3) is 5.12. The van der Waals surface area contributed by atoms with Crippen LogP contribution in [0.15, 0.2) is 35.6 Å². The normalized spacial score (nSPS) is 13.7. The third-order valence-electron chi connectivity index (χ3n) is 2.88. The number of hydrogen-bond acceptors (Lipinski definition) is 6. The van der Waals surface area contributed by atoms with E-state index in [1.54, 1.807) is 39.0 Å². The fourth-order valence-corrected chi connectivity index (χ4v) is 2.47. The molecule has 0 radical (unpaired) electrons. The van der Waals surface area contributed by atoms with Crippen LogP contribution >= 0.6 is 11.8 Å². The van der Waals surface area contributed by atoms with Crippen molar-refractivity contribution >= 4 is 41.1 Å². The summed E-state index contributed by atoms with van der Waals surface area (Å²) in [7, 11) is 0. The summed E-state index contributed by atoms with van der Waals surface area (Å²) >= 11 is 0.628. The van der Waals surface area contributed by atoms with Gasteiger partial charge in [-0.05, 0) is 56.3 Å². The average molecular weight is 362 g/mol. The third-order valence-corrected chi connectivity index (χ3v) is 3.53. The molecule has 0 unspecified atom stereocenters. The van der Waals surface area contributed by atoms with Crippen LogP contribution in [0.5, 0.6) is 5.75 Å².